The van der Waals surface area contributed by atoms with E-state index in [-0.39, 0.29) is 5.57 Å². The maximum absolute atomic E-state index is 12.2. The molecule has 1 heterocycles. The number of ether oxygens (including phenoxy) is 2. The highest BCUT2D eigenvalue weighted by atomic mass is 16.6. The zero-order valence-electron chi connectivity index (χ0n) is 15.6. The number of aliphatic hydroxyl groups excluding tert-OH is 2. The summed E-state index contributed by atoms with van der Waals surface area (Å²) in [5.41, 5.74) is 2.18. The van der Waals surface area contributed by atoms with E-state index in [0.29, 0.717) is 12.0 Å². The Morgan fingerprint density at radius 2 is 1.96 bits per heavy atom. The molecule has 0 spiro atoms. The van der Waals surface area contributed by atoms with Crippen molar-refractivity contribution in [3.8, 4) is 0 Å². The van der Waals surface area contributed by atoms with E-state index in [1.165, 1.54) is 12.2 Å². The minimum atomic E-state index is -1.20. The zero-order chi connectivity index (χ0) is 19.6. The summed E-state index contributed by atoms with van der Waals surface area (Å²) >= 11 is 0. The molecule has 1 aliphatic heterocycles. The zero-order valence-corrected chi connectivity index (χ0v) is 15.6. The Bertz CT molecular complexity index is 695. The number of hydrogen-bond donors (Lipinski definition) is 2. The van der Waals surface area contributed by atoms with Crippen LogP contribution in [0.4, 0.5) is 0 Å². The number of allylic oxidation sites excluding steroid dienone is 1. The van der Waals surface area contributed by atoms with E-state index >= 15 is 0 Å². The van der Waals surface area contributed by atoms with Gasteiger partial charge < -0.3 is 19.7 Å². The number of carbonyl (C=O) groups is 2. The summed E-state index contributed by atoms with van der Waals surface area (Å²) in [4.78, 5) is 24.2. The molecule has 0 amide bonds. The Morgan fingerprint density at radius 3 is 2.58 bits per heavy atom. The molecule has 6 heteroatoms. The molecule has 0 radical (unpaired) electrons. The van der Waals surface area contributed by atoms with Gasteiger partial charge in [0.05, 0.1) is 12.0 Å². The molecule has 0 unspecified atom stereocenters. The second kappa shape index (κ2) is 8.01. The van der Waals surface area contributed by atoms with Crippen LogP contribution in [0.3, 0.4) is 0 Å². The van der Waals surface area contributed by atoms with Crippen LogP contribution in [-0.4, -0.2) is 46.6 Å². The highest BCUT2D eigenvalue weighted by Crippen LogP contribution is 2.36. The van der Waals surface area contributed by atoms with Gasteiger partial charge in [0.1, 0.15) is 18.3 Å². The average Bonchev–Trinajstić information content (AvgIpc) is 2.76. The quantitative estimate of drug-likeness (QED) is 0.443. The minimum absolute atomic E-state index is 0.155. The Hall–Kier alpha value is -2.18. The lowest BCUT2D eigenvalue weighted by atomic mass is 9.83. The van der Waals surface area contributed by atoms with Gasteiger partial charge in [-0.25, -0.2) is 9.59 Å². The molecule has 0 saturated carbocycles. The average molecular weight is 362 g/mol. The molecule has 0 aromatic carbocycles. The second-order valence-electron chi connectivity index (χ2n) is 7.18. The molecule has 1 fully saturated rings. The molecule has 2 rings (SSSR count). The topological polar surface area (TPSA) is 93.1 Å². The highest BCUT2D eigenvalue weighted by molar-refractivity contribution is 5.91. The summed E-state index contributed by atoms with van der Waals surface area (Å²) < 4.78 is 10.9. The number of esters is 2. The minimum Gasteiger partial charge on any atom is -0.455 e. The highest BCUT2D eigenvalue weighted by Gasteiger charge is 2.47. The number of aliphatic hydroxyl groups is 2. The van der Waals surface area contributed by atoms with E-state index in [1.54, 1.807) is 26.8 Å². The SMILES string of the molecule is C=C1C(=O)O[C@H]2/C=C(\C)C[C@@H](O)/C=C(\C)[C@H](O)[C@H](OC(=O)C=C(C)C)[C@H]12. The molecule has 2 N–H and O–H groups in total. The van der Waals surface area contributed by atoms with Crippen molar-refractivity contribution in [3.63, 3.8) is 0 Å². The van der Waals surface area contributed by atoms with Crippen LogP contribution in [-0.2, 0) is 19.1 Å². The standard InChI is InChI=1S/C20H26O6/c1-10(2)6-16(22)26-19-17-13(5)20(24)25-15(17)8-11(3)7-14(21)9-12(4)18(19)23/h6,8-9,14-15,17-19,21,23H,5,7H2,1-4H3/b11-8+,12-9+/t14-,15+,17-,18+,19-/m1/s1. The summed E-state index contributed by atoms with van der Waals surface area (Å²) in [6, 6.07) is 0. The number of hydrogen-bond acceptors (Lipinski definition) is 6. The van der Waals surface area contributed by atoms with Crippen molar-refractivity contribution in [1.29, 1.82) is 0 Å². The van der Waals surface area contributed by atoms with Crippen LogP contribution in [0.25, 0.3) is 0 Å². The van der Waals surface area contributed by atoms with Crippen LogP contribution in [0, 0.1) is 5.92 Å². The first-order chi connectivity index (χ1) is 12.1. The molecular formula is C20H26O6. The Morgan fingerprint density at radius 1 is 1.31 bits per heavy atom. The molecule has 0 aromatic heterocycles. The molecule has 6 nitrogen and oxygen atoms in total. The van der Waals surface area contributed by atoms with E-state index in [1.807, 2.05) is 6.92 Å². The van der Waals surface area contributed by atoms with Gasteiger partial charge in [-0.2, -0.15) is 0 Å². The van der Waals surface area contributed by atoms with Gasteiger partial charge in [0.2, 0.25) is 0 Å². The fraction of sp³-hybridized carbons (Fsp3) is 0.500. The fourth-order valence-corrected chi connectivity index (χ4v) is 3.27. The van der Waals surface area contributed by atoms with Crippen molar-refractivity contribution < 1.29 is 29.3 Å². The third-order valence-electron chi connectivity index (χ3n) is 4.49. The molecule has 2 aliphatic rings. The van der Waals surface area contributed by atoms with E-state index < -0.39 is 42.3 Å². The molecule has 1 aliphatic carbocycles. The smallest absolute Gasteiger partial charge is 0.334 e. The first-order valence-electron chi connectivity index (χ1n) is 8.57. The molecule has 0 bridgehead atoms. The van der Waals surface area contributed by atoms with E-state index in [2.05, 4.69) is 6.58 Å². The predicted molar refractivity (Wildman–Crippen MR) is 96.0 cm³/mol. The van der Waals surface area contributed by atoms with Gasteiger partial charge in [-0.1, -0.05) is 23.8 Å². The van der Waals surface area contributed by atoms with E-state index in [9.17, 15) is 19.8 Å². The van der Waals surface area contributed by atoms with E-state index in [4.69, 9.17) is 9.47 Å². The molecule has 5 atom stereocenters. The van der Waals surface area contributed by atoms with Gasteiger partial charge in [-0.3, -0.25) is 0 Å². The summed E-state index contributed by atoms with van der Waals surface area (Å²) in [7, 11) is 0. The largest absolute Gasteiger partial charge is 0.455 e. The second-order valence-corrected chi connectivity index (χ2v) is 7.18. The molecule has 26 heavy (non-hydrogen) atoms. The first kappa shape index (κ1) is 20.1. The maximum Gasteiger partial charge on any atom is 0.334 e. The Labute approximate surface area is 153 Å². The summed E-state index contributed by atoms with van der Waals surface area (Å²) in [6.07, 6.45) is 1.13. The summed E-state index contributed by atoms with van der Waals surface area (Å²) in [6.45, 7) is 10.7. The molecule has 142 valence electrons. The van der Waals surface area contributed by atoms with Crippen molar-refractivity contribution in [2.45, 2.75) is 58.5 Å². The Kier molecular flexibility index (Phi) is 6.21. The van der Waals surface area contributed by atoms with Gasteiger partial charge in [0.25, 0.3) is 0 Å². The summed E-state index contributed by atoms with van der Waals surface area (Å²) in [5.74, 6) is -1.91. The number of carbonyl (C=O) groups excluding carboxylic acids is 2. The Balaban J connectivity index is 2.49. The fourth-order valence-electron chi connectivity index (χ4n) is 3.27. The van der Waals surface area contributed by atoms with Crippen LogP contribution in [0.1, 0.15) is 34.1 Å². The first-order valence-corrected chi connectivity index (χ1v) is 8.57. The predicted octanol–water partition coefficient (Wildman–Crippen LogP) is 1.98. The summed E-state index contributed by atoms with van der Waals surface area (Å²) in [5, 5.41) is 20.9. The van der Waals surface area contributed by atoms with Crippen LogP contribution < -0.4 is 0 Å². The van der Waals surface area contributed by atoms with Crippen molar-refractivity contribution in [3.05, 3.63) is 47.1 Å². The molecule has 1 saturated heterocycles. The van der Waals surface area contributed by atoms with Gasteiger partial charge in [-0.15, -0.1) is 0 Å². The number of rotatable bonds is 2. The third-order valence-corrected chi connectivity index (χ3v) is 4.49. The van der Waals surface area contributed by atoms with Crippen molar-refractivity contribution in [2.24, 2.45) is 5.92 Å². The van der Waals surface area contributed by atoms with Crippen molar-refractivity contribution in [2.75, 3.05) is 0 Å². The third kappa shape index (κ3) is 4.51. The normalized spacial score (nSPS) is 36.0. The number of fused-ring (bicyclic) bond motifs is 1. The lowest BCUT2D eigenvalue weighted by Gasteiger charge is -2.31. The maximum atomic E-state index is 12.2. The monoisotopic (exact) mass is 362 g/mol. The van der Waals surface area contributed by atoms with Crippen molar-refractivity contribution >= 4 is 11.9 Å². The van der Waals surface area contributed by atoms with Crippen LogP contribution >= 0.6 is 0 Å². The van der Waals surface area contributed by atoms with Gasteiger partial charge >= 0.3 is 11.9 Å². The van der Waals surface area contributed by atoms with Gasteiger partial charge in [0.15, 0.2) is 0 Å². The van der Waals surface area contributed by atoms with E-state index in [0.717, 1.165) is 11.1 Å². The molecule has 0 aromatic rings. The lowest BCUT2D eigenvalue weighted by molar-refractivity contribution is -0.152. The van der Waals surface area contributed by atoms with Crippen molar-refractivity contribution in [1.82, 2.24) is 0 Å². The lowest BCUT2D eigenvalue weighted by Crippen LogP contribution is -2.42. The van der Waals surface area contributed by atoms with Crippen LogP contribution in [0.5, 0.6) is 0 Å². The van der Waals surface area contributed by atoms with Crippen LogP contribution in [0.2, 0.25) is 0 Å². The molecular weight excluding hydrogens is 336 g/mol. The van der Waals surface area contributed by atoms with Gasteiger partial charge in [0, 0.05) is 11.6 Å². The van der Waals surface area contributed by atoms with Crippen LogP contribution in [0.15, 0.2) is 47.1 Å². The van der Waals surface area contributed by atoms with Gasteiger partial charge in [-0.05, 0) is 45.8 Å².